The molecule has 0 aromatic heterocycles. The molecule has 2 heterocycles. The lowest BCUT2D eigenvalue weighted by molar-refractivity contribution is -0.130. The molecule has 0 spiro atoms. The minimum Gasteiger partial charge on any atom is -0.335 e. The molecule has 0 unspecified atom stereocenters. The van der Waals surface area contributed by atoms with Crippen molar-refractivity contribution >= 4 is 15.9 Å². The molecule has 1 amide bonds. The number of carbonyl (C=O) groups excluding carboxylic acids is 1. The number of halogens is 1. The summed E-state index contributed by atoms with van der Waals surface area (Å²) in [5.74, 6) is -0.126. The summed E-state index contributed by atoms with van der Waals surface area (Å²) in [5, 5.41) is 0. The van der Waals surface area contributed by atoms with Gasteiger partial charge in [-0.1, -0.05) is 19.1 Å². The van der Waals surface area contributed by atoms with Crippen LogP contribution in [0.2, 0.25) is 0 Å². The summed E-state index contributed by atoms with van der Waals surface area (Å²) < 4.78 is 39.9. The second-order valence-corrected chi connectivity index (χ2v) is 8.82. The highest BCUT2D eigenvalue weighted by Crippen LogP contribution is 2.45. The lowest BCUT2D eigenvalue weighted by atomic mass is 9.89. The average molecular weight is 354 g/mol. The second-order valence-electron chi connectivity index (χ2n) is 6.73. The first-order chi connectivity index (χ1) is 11.3. The maximum atomic E-state index is 13.6. The topological polar surface area (TPSA) is 57.7 Å². The molecule has 2 aliphatic heterocycles. The Bertz CT molecular complexity index is 737. The van der Waals surface area contributed by atoms with Crippen LogP contribution < -0.4 is 0 Å². The summed E-state index contributed by atoms with van der Waals surface area (Å²) in [6.45, 7) is 4.74. The summed E-state index contributed by atoms with van der Waals surface area (Å²) in [6, 6.07) is 6.02. The van der Waals surface area contributed by atoms with E-state index in [1.54, 1.807) is 15.3 Å². The average Bonchev–Trinajstić information content (AvgIpc) is 3.04. The second kappa shape index (κ2) is 6.44. The van der Waals surface area contributed by atoms with Crippen LogP contribution in [0.4, 0.5) is 4.39 Å². The highest BCUT2D eigenvalue weighted by Gasteiger charge is 2.50. The van der Waals surface area contributed by atoms with Gasteiger partial charge in [-0.15, -0.1) is 0 Å². The zero-order valence-electron chi connectivity index (χ0n) is 14.0. The molecule has 24 heavy (non-hydrogen) atoms. The summed E-state index contributed by atoms with van der Waals surface area (Å²) >= 11 is 0. The third-order valence-corrected chi connectivity index (χ3v) is 7.09. The first kappa shape index (κ1) is 17.4. The largest absolute Gasteiger partial charge is 0.335 e. The Labute approximate surface area is 142 Å². The van der Waals surface area contributed by atoms with E-state index < -0.39 is 10.0 Å². The fraction of sp³-hybridized carbons (Fsp3) is 0.588. The molecule has 1 aromatic rings. The molecule has 3 atom stereocenters. The van der Waals surface area contributed by atoms with E-state index in [-0.39, 0.29) is 35.4 Å². The quantitative estimate of drug-likeness (QED) is 0.831. The van der Waals surface area contributed by atoms with Gasteiger partial charge in [-0.05, 0) is 30.0 Å². The van der Waals surface area contributed by atoms with Crippen molar-refractivity contribution in [2.75, 3.05) is 25.4 Å². The first-order valence-electron chi connectivity index (χ1n) is 8.34. The van der Waals surface area contributed by atoms with Gasteiger partial charge in [0.1, 0.15) is 5.82 Å². The third kappa shape index (κ3) is 3.07. The van der Waals surface area contributed by atoms with Crippen molar-refractivity contribution in [2.24, 2.45) is 11.8 Å². The molecule has 0 radical (unpaired) electrons. The van der Waals surface area contributed by atoms with E-state index in [1.165, 1.54) is 19.1 Å². The number of nitrogens with zero attached hydrogens (tertiary/aromatic N) is 2. The van der Waals surface area contributed by atoms with Gasteiger partial charge in [0.2, 0.25) is 15.9 Å². The Hall–Kier alpha value is -1.47. The maximum absolute atomic E-state index is 13.6. The van der Waals surface area contributed by atoms with Gasteiger partial charge < -0.3 is 4.90 Å². The Morgan fingerprint density at radius 2 is 2.04 bits per heavy atom. The fourth-order valence-electron chi connectivity index (χ4n) is 4.06. The summed E-state index contributed by atoms with van der Waals surface area (Å²) in [7, 11) is -3.25. The number of carbonyl (C=O) groups is 1. The van der Waals surface area contributed by atoms with Crippen LogP contribution in [0.25, 0.3) is 0 Å². The van der Waals surface area contributed by atoms with Crippen molar-refractivity contribution in [1.29, 1.82) is 0 Å². The van der Waals surface area contributed by atoms with Gasteiger partial charge in [-0.25, -0.2) is 17.1 Å². The number of fused-ring (bicyclic) bond motifs is 1. The Balaban J connectivity index is 1.90. The van der Waals surface area contributed by atoms with Crippen molar-refractivity contribution in [3.05, 3.63) is 35.6 Å². The highest BCUT2D eigenvalue weighted by molar-refractivity contribution is 7.89. The summed E-state index contributed by atoms with van der Waals surface area (Å²) in [5.41, 5.74) is 0.743. The number of amides is 1. The molecule has 0 N–H and O–H groups in total. The van der Waals surface area contributed by atoms with Crippen LogP contribution >= 0.6 is 0 Å². The van der Waals surface area contributed by atoms with E-state index in [0.29, 0.717) is 26.1 Å². The number of likely N-dealkylation sites (tertiary alicyclic amines) is 1. The lowest BCUT2D eigenvalue weighted by Crippen LogP contribution is -2.37. The zero-order chi connectivity index (χ0) is 17.5. The van der Waals surface area contributed by atoms with Crippen LogP contribution in [0.3, 0.4) is 0 Å². The van der Waals surface area contributed by atoms with Gasteiger partial charge in [-0.3, -0.25) is 4.79 Å². The molecular weight excluding hydrogens is 331 g/mol. The molecule has 7 heteroatoms. The predicted octanol–water partition coefficient (Wildman–Crippen LogP) is 2.02. The van der Waals surface area contributed by atoms with Crippen molar-refractivity contribution in [2.45, 2.75) is 26.3 Å². The standard InChI is InChI=1S/C17H23FN2O3S/c1-3-7-24(22,23)19-9-14-10-20(12(2)21)17(16(14)11-19)13-5-4-6-15(18)8-13/h4-6,8,14,16-17H,3,7,9-11H2,1-2H3/t14-,16-,17+/m1/s1. The normalized spacial score (nSPS) is 27.5. The van der Waals surface area contributed by atoms with Crippen molar-refractivity contribution in [3.8, 4) is 0 Å². The van der Waals surface area contributed by atoms with Crippen LogP contribution in [0.15, 0.2) is 24.3 Å². The molecule has 0 saturated carbocycles. The predicted molar refractivity (Wildman–Crippen MR) is 89.2 cm³/mol. The van der Waals surface area contributed by atoms with Crippen LogP contribution in [0.5, 0.6) is 0 Å². The van der Waals surface area contributed by atoms with E-state index in [1.807, 2.05) is 13.0 Å². The van der Waals surface area contributed by atoms with E-state index >= 15 is 0 Å². The molecular formula is C17H23FN2O3S. The highest BCUT2D eigenvalue weighted by atomic mass is 32.2. The van der Waals surface area contributed by atoms with Crippen molar-refractivity contribution in [1.82, 2.24) is 9.21 Å². The van der Waals surface area contributed by atoms with E-state index in [9.17, 15) is 17.6 Å². The minimum atomic E-state index is -3.25. The van der Waals surface area contributed by atoms with Crippen LogP contribution in [-0.2, 0) is 14.8 Å². The Kier molecular flexibility index (Phi) is 4.66. The number of benzene rings is 1. The monoisotopic (exact) mass is 354 g/mol. The van der Waals surface area contributed by atoms with Gasteiger partial charge in [0.15, 0.2) is 0 Å². The number of rotatable bonds is 4. The molecule has 3 rings (SSSR count). The van der Waals surface area contributed by atoms with Crippen LogP contribution in [0.1, 0.15) is 31.9 Å². The lowest BCUT2D eigenvalue weighted by Gasteiger charge is -2.29. The van der Waals surface area contributed by atoms with Gasteiger partial charge in [0.25, 0.3) is 0 Å². The molecule has 2 fully saturated rings. The minimum absolute atomic E-state index is 0.0160. The van der Waals surface area contributed by atoms with E-state index in [2.05, 4.69) is 0 Å². The van der Waals surface area contributed by atoms with Crippen molar-refractivity contribution in [3.63, 3.8) is 0 Å². The molecule has 0 bridgehead atoms. The molecule has 5 nitrogen and oxygen atoms in total. The van der Waals surface area contributed by atoms with Crippen LogP contribution in [0, 0.1) is 17.7 Å². The molecule has 132 valence electrons. The summed E-state index contributed by atoms with van der Waals surface area (Å²) in [6.07, 6.45) is 0.584. The zero-order valence-corrected chi connectivity index (χ0v) is 14.8. The van der Waals surface area contributed by atoms with E-state index in [0.717, 1.165) is 5.56 Å². The third-order valence-electron chi connectivity index (χ3n) is 5.08. The Morgan fingerprint density at radius 3 is 2.67 bits per heavy atom. The Morgan fingerprint density at radius 1 is 1.29 bits per heavy atom. The molecule has 2 aliphatic rings. The number of hydrogen-bond donors (Lipinski definition) is 0. The number of hydrogen-bond acceptors (Lipinski definition) is 3. The fourth-order valence-corrected chi connectivity index (χ4v) is 5.65. The SMILES string of the molecule is CCCS(=O)(=O)N1C[C@@H]2CN(C(C)=O)[C@@H](c3cccc(F)c3)[C@@H]2C1. The van der Waals surface area contributed by atoms with Gasteiger partial charge in [0, 0.05) is 32.5 Å². The van der Waals surface area contributed by atoms with Gasteiger partial charge >= 0.3 is 0 Å². The number of sulfonamides is 1. The molecule has 0 aliphatic carbocycles. The van der Waals surface area contributed by atoms with Gasteiger partial charge in [0.05, 0.1) is 11.8 Å². The van der Waals surface area contributed by atoms with E-state index in [4.69, 9.17) is 0 Å². The van der Waals surface area contributed by atoms with Crippen molar-refractivity contribution < 1.29 is 17.6 Å². The van der Waals surface area contributed by atoms with Crippen LogP contribution in [-0.4, -0.2) is 48.9 Å². The first-order valence-corrected chi connectivity index (χ1v) is 9.95. The smallest absolute Gasteiger partial charge is 0.219 e. The molecule has 1 aromatic carbocycles. The summed E-state index contributed by atoms with van der Waals surface area (Å²) in [4.78, 5) is 13.8. The molecule has 2 saturated heterocycles. The van der Waals surface area contributed by atoms with Gasteiger partial charge in [-0.2, -0.15) is 0 Å². The maximum Gasteiger partial charge on any atom is 0.219 e.